The Morgan fingerprint density at radius 3 is 2.58 bits per heavy atom. The average Bonchev–Trinajstić information content (AvgIpc) is 3.24. The minimum Gasteiger partial charge on any atom is -0.339 e. The third-order valence-electron chi connectivity index (χ3n) is 5.32. The molecule has 0 spiro atoms. The predicted octanol–water partition coefficient (Wildman–Crippen LogP) is 2.33. The lowest BCUT2D eigenvalue weighted by molar-refractivity contribution is -0.120. The number of hydrogen-bond acceptors (Lipinski definition) is 7. The number of benzene rings is 1. The number of nitrogens with zero attached hydrogens (tertiary/aromatic N) is 4. The molecule has 0 saturated carbocycles. The Morgan fingerprint density at radius 1 is 1.16 bits per heavy atom. The molecule has 2 aromatic heterocycles. The van der Waals surface area contributed by atoms with Crippen LogP contribution in [0.4, 0.5) is 5.69 Å². The van der Waals surface area contributed by atoms with Gasteiger partial charge in [0, 0.05) is 42.7 Å². The van der Waals surface area contributed by atoms with Gasteiger partial charge in [-0.2, -0.15) is 4.98 Å². The molecule has 0 unspecified atom stereocenters. The van der Waals surface area contributed by atoms with Gasteiger partial charge in [-0.1, -0.05) is 23.4 Å². The molecule has 0 bridgehead atoms. The van der Waals surface area contributed by atoms with Gasteiger partial charge in [0.05, 0.1) is 12.7 Å². The number of rotatable bonds is 6. The number of carbonyl (C=O) groups excluding carboxylic acids is 1. The van der Waals surface area contributed by atoms with Gasteiger partial charge in [0.15, 0.2) is 0 Å². The summed E-state index contributed by atoms with van der Waals surface area (Å²) in [7, 11) is -3.22. The molecule has 1 aliphatic heterocycles. The molecular weight excluding hydrogens is 418 g/mol. The fourth-order valence-electron chi connectivity index (χ4n) is 3.59. The number of carbonyl (C=O) groups is 1. The van der Waals surface area contributed by atoms with Crippen molar-refractivity contribution in [1.82, 2.24) is 19.4 Å². The normalized spacial score (nSPS) is 15.6. The molecule has 3 heterocycles. The van der Waals surface area contributed by atoms with E-state index in [1.54, 1.807) is 24.5 Å². The van der Waals surface area contributed by atoms with Crippen LogP contribution in [0.5, 0.6) is 0 Å². The monoisotopic (exact) mass is 441 g/mol. The average molecular weight is 442 g/mol. The molecule has 0 aliphatic carbocycles. The second-order valence-electron chi connectivity index (χ2n) is 7.51. The first-order valence-corrected chi connectivity index (χ1v) is 11.8. The number of piperidine rings is 1. The largest absolute Gasteiger partial charge is 0.339 e. The van der Waals surface area contributed by atoms with Crippen molar-refractivity contribution in [1.29, 1.82) is 0 Å². The maximum absolute atomic E-state index is 12.8. The van der Waals surface area contributed by atoms with Crippen molar-refractivity contribution in [2.24, 2.45) is 5.92 Å². The standard InChI is InChI=1S/C21H23N5O4S/c1-31(28,29)26-12-8-16(9-13-26)21(27)23-18-5-3-2-4-17(18)14-19-24-20(25-30-19)15-6-10-22-11-7-15/h2-7,10-11,16H,8-9,12-14H2,1H3,(H,23,27). The third kappa shape index (κ3) is 5.15. The summed E-state index contributed by atoms with van der Waals surface area (Å²) < 4.78 is 30.1. The first-order chi connectivity index (χ1) is 14.9. The summed E-state index contributed by atoms with van der Waals surface area (Å²) >= 11 is 0. The van der Waals surface area contributed by atoms with Gasteiger partial charge >= 0.3 is 0 Å². The summed E-state index contributed by atoms with van der Waals surface area (Å²) in [5.41, 5.74) is 2.35. The van der Waals surface area contributed by atoms with Crippen LogP contribution in [0.15, 0.2) is 53.3 Å². The van der Waals surface area contributed by atoms with E-state index in [-0.39, 0.29) is 11.8 Å². The SMILES string of the molecule is CS(=O)(=O)N1CCC(C(=O)Nc2ccccc2Cc2nc(-c3ccncc3)no2)CC1. The zero-order valence-corrected chi connectivity index (χ0v) is 17.9. The molecule has 31 heavy (non-hydrogen) atoms. The maximum atomic E-state index is 12.8. The molecule has 9 nitrogen and oxygen atoms in total. The topological polar surface area (TPSA) is 118 Å². The maximum Gasteiger partial charge on any atom is 0.231 e. The van der Waals surface area contributed by atoms with Crippen molar-refractivity contribution < 1.29 is 17.7 Å². The molecule has 4 rings (SSSR count). The number of sulfonamides is 1. The van der Waals surface area contributed by atoms with Crippen molar-refractivity contribution in [3.8, 4) is 11.4 Å². The summed E-state index contributed by atoms with van der Waals surface area (Å²) in [4.78, 5) is 21.2. The zero-order valence-electron chi connectivity index (χ0n) is 17.1. The molecule has 0 atom stereocenters. The van der Waals surface area contributed by atoms with E-state index < -0.39 is 10.0 Å². The second kappa shape index (κ2) is 8.94. The highest BCUT2D eigenvalue weighted by molar-refractivity contribution is 7.88. The van der Waals surface area contributed by atoms with Gasteiger partial charge in [-0.25, -0.2) is 12.7 Å². The number of nitrogens with one attached hydrogen (secondary N) is 1. The lowest BCUT2D eigenvalue weighted by Gasteiger charge is -2.29. The number of hydrogen-bond donors (Lipinski definition) is 1. The molecule has 1 N–H and O–H groups in total. The van der Waals surface area contributed by atoms with Crippen LogP contribution >= 0.6 is 0 Å². The summed E-state index contributed by atoms with van der Waals surface area (Å²) in [5.74, 6) is 0.586. The van der Waals surface area contributed by atoms with E-state index in [9.17, 15) is 13.2 Å². The smallest absolute Gasteiger partial charge is 0.231 e. The van der Waals surface area contributed by atoms with Crippen molar-refractivity contribution in [3.05, 3.63) is 60.2 Å². The molecule has 162 valence electrons. The number of aromatic nitrogens is 3. The quantitative estimate of drug-likeness (QED) is 0.624. The molecule has 3 aromatic rings. The molecule has 1 fully saturated rings. The van der Waals surface area contributed by atoms with E-state index in [1.165, 1.54) is 10.6 Å². The molecule has 1 aromatic carbocycles. The predicted molar refractivity (Wildman–Crippen MR) is 115 cm³/mol. The van der Waals surface area contributed by atoms with Crippen LogP contribution in [0, 0.1) is 5.92 Å². The first-order valence-electron chi connectivity index (χ1n) is 9.97. The fraction of sp³-hybridized carbons (Fsp3) is 0.333. The molecule has 0 radical (unpaired) electrons. The summed E-state index contributed by atoms with van der Waals surface area (Å²) in [5, 5.41) is 7.01. The second-order valence-corrected chi connectivity index (χ2v) is 9.49. The number of anilines is 1. The molecule has 1 aliphatic rings. The Balaban J connectivity index is 1.42. The van der Waals surface area contributed by atoms with Gasteiger partial charge in [-0.15, -0.1) is 0 Å². The summed E-state index contributed by atoms with van der Waals surface area (Å²) in [6.45, 7) is 0.719. The Bertz CT molecular complexity index is 1160. The minimum atomic E-state index is -3.22. The van der Waals surface area contributed by atoms with Crippen molar-refractivity contribution >= 4 is 21.6 Å². The van der Waals surface area contributed by atoms with Crippen LogP contribution in [0.3, 0.4) is 0 Å². The van der Waals surface area contributed by atoms with Crippen LogP contribution in [0.2, 0.25) is 0 Å². The highest BCUT2D eigenvalue weighted by Crippen LogP contribution is 2.24. The van der Waals surface area contributed by atoms with Crippen molar-refractivity contribution in [2.45, 2.75) is 19.3 Å². The first kappa shape index (κ1) is 21.1. The van der Waals surface area contributed by atoms with Crippen LogP contribution < -0.4 is 5.32 Å². The lowest BCUT2D eigenvalue weighted by Crippen LogP contribution is -2.40. The summed E-state index contributed by atoms with van der Waals surface area (Å²) in [6, 6.07) is 11.1. The van der Waals surface area contributed by atoms with Gasteiger partial charge in [0.1, 0.15) is 0 Å². The lowest BCUT2D eigenvalue weighted by atomic mass is 9.97. The van der Waals surface area contributed by atoms with Crippen molar-refractivity contribution in [2.75, 3.05) is 24.7 Å². The molecule has 1 amide bonds. The molecular formula is C21H23N5O4S. The third-order valence-corrected chi connectivity index (χ3v) is 6.62. The Morgan fingerprint density at radius 2 is 1.87 bits per heavy atom. The van der Waals surface area contributed by atoms with Gasteiger partial charge in [0.2, 0.25) is 27.6 Å². The van der Waals surface area contributed by atoms with E-state index in [1.807, 2.05) is 24.3 Å². The van der Waals surface area contributed by atoms with Crippen LogP contribution in [-0.2, 0) is 21.2 Å². The van der Waals surface area contributed by atoms with Crippen LogP contribution in [0.25, 0.3) is 11.4 Å². The van der Waals surface area contributed by atoms with Crippen LogP contribution in [-0.4, -0.2) is 53.1 Å². The van der Waals surface area contributed by atoms with Gasteiger partial charge in [-0.05, 0) is 36.6 Å². The highest BCUT2D eigenvalue weighted by atomic mass is 32.2. The fourth-order valence-corrected chi connectivity index (χ4v) is 4.46. The minimum absolute atomic E-state index is 0.108. The molecule has 10 heteroatoms. The molecule has 1 saturated heterocycles. The van der Waals surface area contributed by atoms with E-state index >= 15 is 0 Å². The van der Waals surface area contributed by atoms with Crippen LogP contribution in [0.1, 0.15) is 24.3 Å². The van der Waals surface area contributed by atoms with Gasteiger partial charge in [-0.3, -0.25) is 9.78 Å². The number of para-hydroxylation sites is 1. The number of pyridine rings is 1. The van der Waals surface area contributed by atoms with E-state index in [0.29, 0.717) is 49.8 Å². The van der Waals surface area contributed by atoms with E-state index in [4.69, 9.17) is 4.52 Å². The highest BCUT2D eigenvalue weighted by Gasteiger charge is 2.29. The van der Waals surface area contributed by atoms with E-state index in [0.717, 1.165) is 11.1 Å². The Kier molecular flexibility index (Phi) is 6.10. The Hall–Kier alpha value is -3.11. The van der Waals surface area contributed by atoms with Crippen molar-refractivity contribution in [3.63, 3.8) is 0 Å². The summed E-state index contributed by atoms with van der Waals surface area (Å²) in [6.07, 6.45) is 5.90. The Labute approximate surface area is 180 Å². The van der Waals surface area contributed by atoms with Gasteiger partial charge < -0.3 is 9.84 Å². The zero-order chi connectivity index (χ0) is 21.8. The van der Waals surface area contributed by atoms with Gasteiger partial charge in [0.25, 0.3) is 0 Å². The van der Waals surface area contributed by atoms with E-state index in [2.05, 4.69) is 20.4 Å². The number of amides is 1.